The summed E-state index contributed by atoms with van der Waals surface area (Å²) in [5, 5.41) is 0. The summed E-state index contributed by atoms with van der Waals surface area (Å²) in [4.78, 5) is 13.2. The lowest BCUT2D eigenvalue weighted by molar-refractivity contribution is -0.129. The van der Waals surface area contributed by atoms with Gasteiger partial charge in [-0.3, -0.25) is 4.79 Å². The standard InChI is InChI=1S/C21H28O/c1-11-4-5-15-16(8-11)14-7-6-13-17(19(14)20(15)22)9-12-10-18(13)21(12,2)3/h4,6,12,14-19H,5,7-10H2,1-3H3/t12-,14-,15-,16-,17-,18-,19+/m0/s1. The first-order valence-corrected chi connectivity index (χ1v) is 9.37. The lowest BCUT2D eigenvalue weighted by Crippen LogP contribution is -2.55. The predicted octanol–water partition coefficient (Wildman–Crippen LogP) is 4.79. The largest absolute Gasteiger partial charge is 0.299 e. The molecule has 2 bridgehead atoms. The van der Waals surface area contributed by atoms with Gasteiger partial charge in [-0.05, 0) is 74.0 Å². The van der Waals surface area contributed by atoms with Gasteiger partial charge in [0, 0.05) is 11.8 Å². The fourth-order valence-corrected chi connectivity index (χ4v) is 7.02. The minimum Gasteiger partial charge on any atom is -0.299 e. The molecular formula is C21H28O. The third kappa shape index (κ3) is 1.49. The van der Waals surface area contributed by atoms with Crippen LogP contribution in [0.5, 0.6) is 0 Å². The molecule has 0 aromatic rings. The Morgan fingerprint density at radius 1 is 1.05 bits per heavy atom. The van der Waals surface area contributed by atoms with Gasteiger partial charge in [0.05, 0.1) is 0 Å². The third-order valence-electron chi connectivity index (χ3n) is 8.40. The summed E-state index contributed by atoms with van der Waals surface area (Å²) < 4.78 is 0. The van der Waals surface area contributed by atoms with E-state index in [9.17, 15) is 4.79 Å². The van der Waals surface area contributed by atoms with Crippen molar-refractivity contribution in [1.29, 1.82) is 0 Å². The summed E-state index contributed by atoms with van der Waals surface area (Å²) in [5.74, 6) is 4.99. The molecule has 6 aliphatic rings. The summed E-state index contributed by atoms with van der Waals surface area (Å²) in [6, 6.07) is 0. The molecule has 0 aromatic heterocycles. The molecule has 0 radical (unpaired) electrons. The fraction of sp³-hybridized carbons (Fsp3) is 0.762. The fourth-order valence-electron chi connectivity index (χ4n) is 7.02. The van der Waals surface area contributed by atoms with E-state index in [0.29, 0.717) is 40.8 Å². The molecule has 0 amide bonds. The van der Waals surface area contributed by atoms with Gasteiger partial charge in [-0.2, -0.15) is 0 Å². The van der Waals surface area contributed by atoms with Crippen LogP contribution in [0.15, 0.2) is 23.3 Å². The van der Waals surface area contributed by atoms with Crippen LogP contribution in [0.25, 0.3) is 0 Å². The zero-order chi connectivity index (χ0) is 15.2. The van der Waals surface area contributed by atoms with E-state index in [4.69, 9.17) is 0 Å². The van der Waals surface area contributed by atoms with Crippen LogP contribution in [0, 0.1) is 46.8 Å². The van der Waals surface area contributed by atoms with Gasteiger partial charge >= 0.3 is 0 Å². The summed E-state index contributed by atoms with van der Waals surface area (Å²) in [6.07, 6.45) is 11.0. The topological polar surface area (TPSA) is 17.1 Å². The molecule has 7 atom stereocenters. The first kappa shape index (κ1) is 13.6. The number of allylic oxidation sites excluding steroid dienone is 4. The van der Waals surface area contributed by atoms with Crippen molar-refractivity contribution in [3.8, 4) is 0 Å². The van der Waals surface area contributed by atoms with Gasteiger partial charge in [-0.1, -0.05) is 37.1 Å². The number of carbonyl (C=O) groups is 1. The molecule has 22 heavy (non-hydrogen) atoms. The average Bonchev–Trinajstić information content (AvgIpc) is 2.79. The Balaban J connectivity index is 1.51. The number of rotatable bonds is 0. The van der Waals surface area contributed by atoms with Crippen LogP contribution in [0.4, 0.5) is 0 Å². The van der Waals surface area contributed by atoms with E-state index in [1.165, 1.54) is 31.3 Å². The van der Waals surface area contributed by atoms with Crippen molar-refractivity contribution in [3.63, 3.8) is 0 Å². The minimum atomic E-state index is 0.359. The van der Waals surface area contributed by atoms with Crippen molar-refractivity contribution >= 4 is 5.78 Å². The number of Topliss-reactive ketones (excluding diaryl/α,β-unsaturated/α-hetero) is 1. The van der Waals surface area contributed by atoms with E-state index in [0.717, 1.165) is 18.3 Å². The van der Waals surface area contributed by atoms with Gasteiger partial charge in [0.25, 0.3) is 0 Å². The monoisotopic (exact) mass is 296 g/mol. The second kappa shape index (κ2) is 4.16. The lowest BCUT2D eigenvalue weighted by Gasteiger charge is -2.62. The van der Waals surface area contributed by atoms with Crippen molar-refractivity contribution < 1.29 is 4.79 Å². The molecule has 118 valence electrons. The molecular weight excluding hydrogens is 268 g/mol. The van der Waals surface area contributed by atoms with Crippen molar-refractivity contribution in [2.45, 2.75) is 52.9 Å². The van der Waals surface area contributed by atoms with Gasteiger partial charge in [0.1, 0.15) is 5.78 Å². The molecule has 6 rings (SSSR count). The van der Waals surface area contributed by atoms with Crippen LogP contribution >= 0.6 is 0 Å². The Morgan fingerprint density at radius 3 is 2.64 bits per heavy atom. The highest BCUT2D eigenvalue weighted by atomic mass is 16.1. The number of hydrogen-bond donors (Lipinski definition) is 0. The van der Waals surface area contributed by atoms with Crippen molar-refractivity contribution in [3.05, 3.63) is 23.3 Å². The number of hydrogen-bond acceptors (Lipinski definition) is 1. The lowest BCUT2D eigenvalue weighted by atomic mass is 9.42. The second-order valence-corrected chi connectivity index (χ2v) is 9.44. The smallest absolute Gasteiger partial charge is 0.140 e. The average molecular weight is 296 g/mol. The Labute approximate surface area is 134 Å². The first-order chi connectivity index (χ1) is 10.5. The quantitative estimate of drug-likeness (QED) is 0.588. The Bertz CT molecular complexity index is 607. The van der Waals surface area contributed by atoms with E-state index >= 15 is 0 Å². The Hall–Kier alpha value is -0.850. The highest BCUT2D eigenvalue weighted by Crippen LogP contribution is 2.67. The zero-order valence-corrected chi connectivity index (χ0v) is 14.1. The molecule has 4 fully saturated rings. The van der Waals surface area contributed by atoms with Crippen LogP contribution in [0.3, 0.4) is 0 Å². The second-order valence-electron chi connectivity index (χ2n) is 9.44. The molecule has 1 nitrogen and oxygen atoms in total. The van der Waals surface area contributed by atoms with Crippen molar-refractivity contribution in [1.82, 2.24) is 0 Å². The van der Waals surface area contributed by atoms with Gasteiger partial charge in [-0.15, -0.1) is 0 Å². The molecule has 1 heteroatoms. The SMILES string of the molecule is CC1=CC[C@@H]2C(=O)[C@@H]3[C@@H](CC=C4[C@@H]3C[C@H]3C[C@@H]4C3(C)C)[C@@H]2C1. The van der Waals surface area contributed by atoms with Gasteiger partial charge < -0.3 is 0 Å². The maximum Gasteiger partial charge on any atom is 0.140 e. The van der Waals surface area contributed by atoms with E-state index in [-0.39, 0.29) is 0 Å². The number of ketones is 1. The zero-order valence-electron chi connectivity index (χ0n) is 14.1. The molecule has 4 saturated carbocycles. The highest BCUT2D eigenvalue weighted by molar-refractivity contribution is 5.88. The van der Waals surface area contributed by atoms with Crippen LogP contribution in [-0.4, -0.2) is 5.78 Å². The summed E-state index contributed by atoms with van der Waals surface area (Å²) in [7, 11) is 0. The first-order valence-electron chi connectivity index (χ1n) is 9.37. The molecule has 0 heterocycles. The molecule has 0 aliphatic heterocycles. The van der Waals surface area contributed by atoms with E-state index in [1.54, 1.807) is 5.57 Å². The maximum atomic E-state index is 13.2. The van der Waals surface area contributed by atoms with Gasteiger partial charge in [0.15, 0.2) is 0 Å². The summed E-state index contributed by atoms with van der Waals surface area (Å²) in [6.45, 7) is 7.17. The Morgan fingerprint density at radius 2 is 1.86 bits per heavy atom. The third-order valence-corrected chi connectivity index (χ3v) is 8.40. The van der Waals surface area contributed by atoms with Crippen LogP contribution < -0.4 is 0 Å². The van der Waals surface area contributed by atoms with Gasteiger partial charge in [0.2, 0.25) is 0 Å². The van der Waals surface area contributed by atoms with Crippen LogP contribution in [0.2, 0.25) is 0 Å². The van der Waals surface area contributed by atoms with Crippen molar-refractivity contribution in [2.24, 2.45) is 46.8 Å². The molecule has 0 saturated heterocycles. The molecule has 0 unspecified atom stereocenters. The number of fused-ring (bicyclic) bond motifs is 3. The molecule has 0 N–H and O–H groups in total. The van der Waals surface area contributed by atoms with Crippen molar-refractivity contribution in [2.75, 3.05) is 0 Å². The van der Waals surface area contributed by atoms with E-state index in [2.05, 4.69) is 32.9 Å². The van der Waals surface area contributed by atoms with Crippen LogP contribution in [0.1, 0.15) is 52.9 Å². The normalized spacial score (nSPS) is 51.0. The van der Waals surface area contributed by atoms with E-state index < -0.39 is 0 Å². The molecule has 0 aromatic carbocycles. The van der Waals surface area contributed by atoms with E-state index in [1.807, 2.05) is 0 Å². The summed E-state index contributed by atoms with van der Waals surface area (Å²) >= 11 is 0. The molecule has 6 aliphatic carbocycles. The van der Waals surface area contributed by atoms with Crippen LogP contribution in [-0.2, 0) is 4.79 Å². The molecule has 0 spiro atoms. The summed E-state index contributed by atoms with van der Waals surface area (Å²) in [5.41, 5.74) is 3.73. The Kier molecular flexibility index (Phi) is 2.57. The van der Waals surface area contributed by atoms with Gasteiger partial charge in [-0.25, -0.2) is 0 Å². The highest BCUT2D eigenvalue weighted by Gasteiger charge is 2.62. The predicted molar refractivity (Wildman–Crippen MR) is 88.1 cm³/mol. The number of carbonyl (C=O) groups excluding carboxylic acids is 1. The maximum absolute atomic E-state index is 13.2. The minimum absolute atomic E-state index is 0.359.